The molecule has 0 radical (unpaired) electrons. The average Bonchev–Trinajstić information content (AvgIpc) is 2.57. The van der Waals surface area contributed by atoms with E-state index in [0.29, 0.717) is 17.3 Å². The van der Waals surface area contributed by atoms with E-state index in [9.17, 15) is 0 Å². The average molecular weight is 234 g/mol. The van der Waals surface area contributed by atoms with Gasteiger partial charge in [-0.25, -0.2) is 9.97 Å². The van der Waals surface area contributed by atoms with Crippen molar-refractivity contribution in [1.29, 1.82) is 0 Å². The normalized spacial score (nSPS) is 22.6. The topological polar surface area (TPSA) is 63.8 Å². The Balaban J connectivity index is 2.06. The molecule has 2 rings (SSSR count). The number of nitrogens with two attached hydrogens (primary N) is 1. The lowest BCUT2D eigenvalue weighted by Crippen LogP contribution is -2.19. The fourth-order valence-electron chi connectivity index (χ4n) is 2.52. The van der Waals surface area contributed by atoms with E-state index in [2.05, 4.69) is 29.1 Å². The van der Waals surface area contributed by atoms with Gasteiger partial charge in [0.25, 0.3) is 0 Å². The van der Waals surface area contributed by atoms with Crippen LogP contribution in [0.1, 0.15) is 45.9 Å². The van der Waals surface area contributed by atoms with Crippen molar-refractivity contribution in [2.24, 2.45) is 5.41 Å². The molecule has 0 aliphatic heterocycles. The van der Waals surface area contributed by atoms with Crippen LogP contribution in [0.25, 0.3) is 0 Å². The fraction of sp³-hybridized carbons (Fsp3) is 0.692. The number of rotatable bonds is 3. The molecule has 1 unspecified atom stereocenters. The monoisotopic (exact) mass is 234 g/mol. The van der Waals surface area contributed by atoms with Gasteiger partial charge in [-0.1, -0.05) is 20.8 Å². The van der Waals surface area contributed by atoms with Crippen molar-refractivity contribution in [2.45, 2.75) is 52.5 Å². The second-order valence-corrected chi connectivity index (χ2v) is 5.70. The molecule has 17 heavy (non-hydrogen) atoms. The molecule has 94 valence electrons. The minimum atomic E-state index is 0.448. The third-order valence-corrected chi connectivity index (χ3v) is 3.43. The van der Waals surface area contributed by atoms with Gasteiger partial charge in [0.05, 0.1) is 0 Å². The van der Waals surface area contributed by atoms with Gasteiger partial charge in [-0.3, -0.25) is 0 Å². The zero-order valence-corrected chi connectivity index (χ0v) is 11.0. The Labute approximate surface area is 103 Å². The molecule has 1 saturated carbocycles. The fourth-order valence-corrected chi connectivity index (χ4v) is 2.52. The van der Waals surface area contributed by atoms with Gasteiger partial charge in [-0.15, -0.1) is 0 Å². The number of aryl methyl sites for hydroxylation is 1. The zero-order valence-electron chi connectivity index (χ0n) is 11.0. The smallest absolute Gasteiger partial charge is 0.132 e. The zero-order chi connectivity index (χ0) is 12.5. The van der Waals surface area contributed by atoms with E-state index < -0.39 is 0 Å². The standard InChI is InChI=1S/C13H22N4/c1-4-11-16-10(14)7-12(17-11)15-9-5-6-13(2,3)8-9/h7,9H,4-6,8H2,1-3H3,(H3,14,15,16,17). The highest BCUT2D eigenvalue weighted by molar-refractivity contribution is 5.45. The summed E-state index contributed by atoms with van der Waals surface area (Å²) in [5.41, 5.74) is 6.22. The van der Waals surface area contributed by atoms with E-state index in [-0.39, 0.29) is 0 Å². The lowest BCUT2D eigenvalue weighted by atomic mass is 9.92. The van der Waals surface area contributed by atoms with E-state index in [1.807, 2.05) is 13.0 Å². The maximum absolute atomic E-state index is 5.77. The minimum Gasteiger partial charge on any atom is -0.384 e. The molecule has 1 fully saturated rings. The highest BCUT2D eigenvalue weighted by Crippen LogP contribution is 2.38. The van der Waals surface area contributed by atoms with Gasteiger partial charge in [0.1, 0.15) is 17.5 Å². The number of nitrogen functional groups attached to an aromatic ring is 1. The highest BCUT2D eigenvalue weighted by Gasteiger charge is 2.30. The first-order valence-electron chi connectivity index (χ1n) is 6.38. The van der Waals surface area contributed by atoms with E-state index in [0.717, 1.165) is 18.1 Å². The van der Waals surface area contributed by atoms with Crippen LogP contribution in [0, 0.1) is 5.41 Å². The quantitative estimate of drug-likeness (QED) is 0.843. The van der Waals surface area contributed by atoms with Gasteiger partial charge in [-0.2, -0.15) is 0 Å². The van der Waals surface area contributed by atoms with Crippen molar-refractivity contribution in [1.82, 2.24) is 9.97 Å². The Hall–Kier alpha value is -1.32. The van der Waals surface area contributed by atoms with Gasteiger partial charge in [0.2, 0.25) is 0 Å². The summed E-state index contributed by atoms with van der Waals surface area (Å²) in [5.74, 6) is 2.23. The molecule has 1 aromatic heterocycles. The first-order chi connectivity index (χ1) is 7.98. The lowest BCUT2D eigenvalue weighted by molar-refractivity contribution is 0.378. The number of nitrogens with one attached hydrogen (secondary N) is 1. The molecule has 1 aliphatic rings. The number of aromatic nitrogens is 2. The molecule has 0 spiro atoms. The number of hydrogen-bond acceptors (Lipinski definition) is 4. The summed E-state index contributed by atoms with van der Waals surface area (Å²) in [7, 11) is 0. The molecule has 4 heteroatoms. The van der Waals surface area contributed by atoms with Crippen LogP contribution in [0.5, 0.6) is 0 Å². The predicted octanol–water partition coefficient (Wildman–Crippen LogP) is 2.61. The van der Waals surface area contributed by atoms with E-state index in [4.69, 9.17) is 5.73 Å². The number of nitrogens with zero attached hydrogens (tertiary/aromatic N) is 2. The van der Waals surface area contributed by atoms with Crippen LogP contribution >= 0.6 is 0 Å². The largest absolute Gasteiger partial charge is 0.384 e. The summed E-state index contributed by atoms with van der Waals surface area (Å²) in [4.78, 5) is 8.64. The van der Waals surface area contributed by atoms with Gasteiger partial charge < -0.3 is 11.1 Å². The van der Waals surface area contributed by atoms with Gasteiger partial charge in [-0.05, 0) is 24.7 Å². The molecule has 1 heterocycles. The Morgan fingerprint density at radius 2 is 2.24 bits per heavy atom. The summed E-state index contributed by atoms with van der Waals surface area (Å²) in [6.45, 7) is 6.68. The minimum absolute atomic E-state index is 0.448. The number of hydrogen-bond donors (Lipinski definition) is 2. The van der Waals surface area contributed by atoms with Crippen LogP contribution in [0.4, 0.5) is 11.6 Å². The Morgan fingerprint density at radius 3 is 2.82 bits per heavy atom. The molecule has 0 aromatic carbocycles. The maximum atomic E-state index is 5.77. The second kappa shape index (κ2) is 4.51. The number of anilines is 2. The van der Waals surface area contributed by atoms with Crippen LogP contribution in [0.15, 0.2) is 6.07 Å². The molecular weight excluding hydrogens is 212 g/mol. The predicted molar refractivity (Wildman–Crippen MR) is 70.9 cm³/mol. The Morgan fingerprint density at radius 1 is 1.47 bits per heavy atom. The molecule has 0 amide bonds. The van der Waals surface area contributed by atoms with Crippen LogP contribution in [-0.2, 0) is 6.42 Å². The van der Waals surface area contributed by atoms with Crippen molar-refractivity contribution in [3.63, 3.8) is 0 Å². The molecule has 0 saturated heterocycles. The lowest BCUT2D eigenvalue weighted by Gasteiger charge is -2.18. The summed E-state index contributed by atoms with van der Waals surface area (Å²) in [5, 5.41) is 3.48. The third-order valence-electron chi connectivity index (χ3n) is 3.43. The van der Waals surface area contributed by atoms with Gasteiger partial charge >= 0.3 is 0 Å². The van der Waals surface area contributed by atoms with E-state index >= 15 is 0 Å². The molecule has 1 aliphatic carbocycles. The van der Waals surface area contributed by atoms with Crippen LogP contribution < -0.4 is 11.1 Å². The van der Waals surface area contributed by atoms with Crippen LogP contribution in [0.3, 0.4) is 0 Å². The highest BCUT2D eigenvalue weighted by atomic mass is 15.1. The van der Waals surface area contributed by atoms with Crippen LogP contribution in [-0.4, -0.2) is 16.0 Å². The molecule has 3 N–H and O–H groups in total. The molecular formula is C13H22N4. The van der Waals surface area contributed by atoms with Crippen molar-refractivity contribution >= 4 is 11.6 Å². The molecule has 1 aromatic rings. The van der Waals surface area contributed by atoms with E-state index in [1.54, 1.807) is 0 Å². The van der Waals surface area contributed by atoms with Crippen molar-refractivity contribution in [3.8, 4) is 0 Å². The van der Waals surface area contributed by atoms with Crippen LogP contribution in [0.2, 0.25) is 0 Å². The van der Waals surface area contributed by atoms with Crippen molar-refractivity contribution < 1.29 is 0 Å². The SMILES string of the molecule is CCc1nc(N)cc(NC2CCC(C)(C)C2)n1. The maximum Gasteiger partial charge on any atom is 0.132 e. The molecule has 4 nitrogen and oxygen atoms in total. The van der Waals surface area contributed by atoms with E-state index in [1.165, 1.54) is 19.3 Å². The van der Waals surface area contributed by atoms with Crippen molar-refractivity contribution in [2.75, 3.05) is 11.1 Å². The first-order valence-corrected chi connectivity index (χ1v) is 6.38. The summed E-state index contributed by atoms with van der Waals surface area (Å²) in [6.07, 6.45) is 4.48. The van der Waals surface area contributed by atoms with Gasteiger partial charge in [0, 0.05) is 18.5 Å². The summed E-state index contributed by atoms with van der Waals surface area (Å²) < 4.78 is 0. The first kappa shape index (κ1) is 12.1. The Bertz CT molecular complexity index is 400. The van der Waals surface area contributed by atoms with Crippen molar-refractivity contribution in [3.05, 3.63) is 11.9 Å². The molecule has 0 bridgehead atoms. The summed E-state index contributed by atoms with van der Waals surface area (Å²) >= 11 is 0. The molecule has 1 atom stereocenters. The summed E-state index contributed by atoms with van der Waals surface area (Å²) in [6, 6.07) is 2.34. The Kier molecular flexibility index (Phi) is 3.22. The van der Waals surface area contributed by atoms with Gasteiger partial charge in [0.15, 0.2) is 0 Å². The third kappa shape index (κ3) is 3.08. The second-order valence-electron chi connectivity index (χ2n) is 5.70.